The molecule has 1 atom stereocenters. The molecule has 3 rings (SSSR count). The normalized spacial score (nSPS) is 20.2. The van der Waals surface area contributed by atoms with E-state index in [2.05, 4.69) is 34.8 Å². The smallest absolute Gasteiger partial charge is 0.225 e. The van der Waals surface area contributed by atoms with Gasteiger partial charge >= 0.3 is 0 Å². The fourth-order valence-electron chi connectivity index (χ4n) is 2.74. The van der Waals surface area contributed by atoms with Crippen molar-refractivity contribution in [2.75, 3.05) is 11.4 Å². The topological polar surface area (TPSA) is 29.0 Å². The number of hydrogen-bond acceptors (Lipinski definition) is 4. The molecule has 1 aliphatic rings. The Morgan fingerprint density at radius 2 is 2.26 bits per heavy atom. The number of aryl methyl sites for hydroxylation is 1. The standard InChI is InChI=1S/C14H18ClN3S/c1-3-10-8-11-12(16-14(15)17-13(11)19-10)18-7-5-4-6-9(18)2/h8-9H,3-7H2,1-2H3. The monoisotopic (exact) mass is 295 g/mol. The first kappa shape index (κ1) is 13.1. The van der Waals surface area contributed by atoms with Crippen LogP contribution in [0.2, 0.25) is 5.28 Å². The van der Waals surface area contributed by atoms with Crippen LogP contribution in [0.1, 0.15) is 38.0 Å². The van der Waals surface area contributed by atoms with Crippen LogP contribution in [0, 0.1) is 0 Å². The van der Waals surface area contributed by atoms with Crippen molar-refractivity contribution < 1.29 is 0 Å². The maximum atomic E-state index is 6.10. The summed E-state index contributed by atoms with van der Waals surface area (Å²) in [6.07, 6.45) is 4.81. The lowest BCUT2D eigenvalue weighted by Crippen LogP contribution is -2.38. The average molecular weight is 296 g/mol. The van der Waals surface area contributed by atoms with Gasteiger partial charge in [0.1, 0.15) is 10.6 Å². The Kier molecular flexibility index (Phi) is 3.63. The lowest BCUT2D eigenvalue weighted by atomic mass is 10.0. The van der Waals surface area contributed by atoms with Gasteiger partial charge in [-0.15, -0.1) is 11.3 Å². The van der Waals surface area contributed by atoms with Gasteiger partial charge in [-0.25, -0.2) is 4.98 Å². The SMILES string of the molecule is CCc1cc2c(N3CCCCC3C)nc(Cl)nc2s1. The molecule has 0 N–H and O–H groups in total. The Labute approximate surface area is 122 Å². The lowest BCUT2D eigenvalue weighted by Gasteiger charge is -2.34. The number of nitrogens with zero attached hydrogens (tertiary/aromatic N) is 3. The second-order valence-corrected chi connectivity index (χ2v) is 6.59. The fourth-order valence-corrected chi connectivity index (χ4v) is 3.91. The average Bonchev–Trinajstić information content (AvgIpc) is 2.81. The van der Waals surface area contributed by atoms with Gasteiger partial charge in [-0.2, -0.15) is 4.98 Å². The van der Waals surface area contributed by atoms with E-state index in [0.29, 0.717) is 11.3 Å². The highest BCUT2D eigenvalue weighted by Crippen LogP contribution is 2.34. The van der Waals surface area contributed by atoms with Crippen molar-refractivity contribution in [3.8, 4) is 0 Å². The molecule has 19 heavy (non-hydrogen) atoms. The molecule has 2 aromatic rings. The van der Waals surface area contributed by atoms with Crippen molar-refractivity contribution in [2.45, 2.75) is 45.6 Å². The van der Waals surface area contributed by atoms with Crippen LogP contribution in [0.5, 0.6) is 0 Å². The van der Waals surface area contributed by atoms with Crippen molar-refractivity contribution in [2.24, 2.45) is 0 Å². The minimum Gasteiger partial charge on any atom is -0.353 e. The van der Waals surface area contributed by atoms with Gasteiger partial charge < -0.3 is 4.90 Å². The van der Waals surface area contributed by atoms with Gasteiger partial charge in [0, 0.05) is 17.5 Å². The van der Waals surface area contributed by atoms with Crippen LogP contribution in [0.4, 0.5) is 5.82 Å². The van der Waals surface area contributed by atoms with Gasteiger partial charge in [-0.1, -0.05) is 6.92 Å². The summed E-state index contributed by atoms with van der Waals surface area (Å²) >= 11 is 7.83. The van der Waals surface area contributed by atoms with E-state index in [1.807, 2.05) is 0 Å². The Morgan fingerprint density at radius 3 is 3.00 bits per heavy atom. The molecule has 0 bridgehead atoms. The third-order valence-corrected chi connectivity index (χ3v) is 5.16. The summed E-state index contributed by atoms with van der Waals surface area (Å²) < 4.78 is 0. The number of hydrogen-bond donors (Lipinski definition) is 0. The number of rotatable bonds is 2. The third-order valence-electron chi connectivity index (χ3n) is 3.82. The molecule has 3 heterocycles. The van der Waals surface area contributed by atoms with Gasteiger partial charge in [0.2, 0.25) is 5.28 Å². The largest absolute Gasteiger partial charge is 0.353 e. The number of piperidine rings is 1. The van der Waals surface area contributed by atoms with Gasteiger partial charge in [0.25, 0.3) is 0 Å². The van der Waals surface area contributed by atoms with Crippen LogP contribution in [-0.2, 0) is 6.42 Å². The minimum absolute atomic E-state index is 0.366. The van der Waals surface area contributed by atoms with E-state index in [9.17, 15) is 0 Å². The summed E-state index contributed by atoms with van der Waals surface area (Å²) in [5.74, 6) is 1.03. The molecule has 0 aliphatic carbocycles. The number of anilines is 1. The van der Waals surface area contributed by atoms with Gasteiger partial charge in [0.05, 0.1) is 5.39 Å². The van der Waals surface area contributed by atoms with E-state index in [1.165, 1.54) is 29.5 Å². The molecule has 1 unspecified atom stereocenters. The van der Waals surface area contributed by atoms with Crippen LogP contribution >= 0.6 is 22.9 Å². The molecule has 0 saturated carbocycles. The summed E-state index contributed by atoms with van der Waals surface area (Å²) in [5, 5.41) is 1.53. The third kappa shape index (κ3) is 2.43. The van der Waals surface area contributed by atoms with Crippen LogP contribution in [0.25, 0.3) is 10.2 Å². The highest BCUT2D eigenvalue weighted by molar-refractivity contribution is 7.18. The van der Waals surface area contributed by atoms with Crippen LogP contribution in [0.3, 0.4) is 0 Å². The zero-order chi connectivity index (χ0) is 13.4. The van der Waals surface area contributed by atoms with E-state index >= 15 is 0 Å². The molecule has 5 heteroatoms. The second-order valence-electron chi connectivity index (χ2n) is 5.14. The van der Waals surface area contributed by atoms with Crippen LogP contribution in [0.15, 0.2) is 6.07 Å². The van der Waals surface area contributed by atoms with E-state index in [1.54, 1.807) is 11.3 Å². The van der Waals surface area contributed by atoms with Gasteiger partial charge in [0.15, 0.2) is 0 Å². The summed E-state index contributed by atoms with van der Waals surface area (Å²) in [4.78, 5) is 13.6. The molecule has 0 amide bonds. The van der Waals surface area contributed by atoms with E-state index in [0.717, 1.165) is 23.6 Å². The molecule has 0 radical (unpaired) electrons. The summed E-state index contributed by atoms with van der Waals surface area (Å²) in [7, 11) is 0. The summed E-state index contributed by atoms with van der Waals surface area (Å²) in [6.45, 7) is 5.51. The highest BCUT2D eigenvalue weighted by Gasteiger charge is 2.23. The molecule has 1 fully saturated rings. The van der Waals surface area contributed by atoms with E-state index < -0.39 is 0 Å². The molecule has 1 aliphatic heterocycles. The number of aromatic nitrogens is 2. The molecule has 2 aromatic heterocycles. The number of fused-ring (bicyclic) bond motifs is 1. The van der Waals surface area contributed by atoms with Crippen molar-refractivity contribution in [1.29, 1.82) is 0 Å². The van der Waals surface area contributed by atoms with Crippen molar-refractivity contribution in [3.05, 3.63) is 16.2 Å². The second kappa shape index (κ2) is 5.25. The highest BCUT2D eigenvalue weighted by atomic mass is 35.5. The molecule has 102 valence electrons. The van der Waals surface area contributed by atoms with Crippen molar-refractivity contribution in [3.63, 3.8) is 0 Å². The number of halogens is 1. The molecule has 1 saturated heterocycles. The Morgan fingerprint density at radius 1 is 1.42 bits per heavy atom. The summed E-state index contributed by atoms with van der Waals surface area (Å²) in [5.41, 5.74) is 0. The molecule has 3 nitrogen and oxygen atoms in total. The lowest BCUT2D eigenvalue weighted by molar-refractivity contribution is 0.482. The Balaban J connectivity index is 2.12. The van der Waals surface area contributed by atoms with E-state index in [4.69, 9.17) is 11.6 Å². The minimum atomic E-state index is 0.366. The van der Waals surface area contributed by atoms with Crippen LogP contribution in [-0.4, -0.2) is 22.6 Å². The zero-order valence-corrected chi connectivity index (χ0v) is 12.9. The van der Waals surface area contributed by atoms with Crippen LogP contribution < -0.4 is 4.90 Å². The summed E-state index contributed by atoms with van der Waals surface area (Å²) in [6, 6.07) is 2.76. The molecular formula is C14H18ClN3S. The van der Waals surface area contributed by atoms with E-state index in [-0.39, 0.29) is 0 Å². The molecule has 0 spiro atoms. The first-order valence-corrected chi connectivity index (χ1v) is 8.11. The molecule has 0 aromatic carbocycles. The Hall–Kier alpha value is -0.870. The maximum Gasteiger partial charge on any atom is 0.225 e. The first-order chi connectivity index (χ1) is 9.19. The van der Waals surface area contributed by atoms with Crippen molar-refractivity contribution in [1.82, 2.24) is 9.97 Å². The van der Waals surface area contributed by atoms with Gasteiger partial charge in [-0.05, 0) is 50.3 Å². The Bertz CT molecular complexity index is 596. The zero-order valence-electron chi connectivity index (χ0n) is 11.3. The predicted molar refractivity (Wildman–Crippen MR) is 82.5 cm³/mol. The fraction of sp³-hybridized carbons (Fsp3) is 0.571. The quantitative estimate of drug-likeness (QED) is 0.774. The van der Waals surface area contributed by atoms with Crippen molar-refractivity contribution >= 4 is 39.0 Å². The first-order valence-electron chi connectivity index (χ1n) is 6.91. The number of thiophene rings is 1. The van der Waals surface area contributed by atoms with Gasteiger partial charge in [-0.3, -0.25) is 0 Å². The maximum absolute atomic E-state index is 6.10. The molecular weight excluding hydrogens is 278 g/mol. The predicted octanol–water partition coefficient (Wildman–Crippen LogP) is 4.29.